The van der Waals surface area contributed by atoms with Crippen LogP contribution in [0.4, 0.5) is 5.69 Å². The van der Waals surface area contributed by atoms with E-state index in [1.165, 1.54) is 5.01 Å². The quantitative estimate of drug-likeness (QED) is 0.375. The molecule has 1 aliphatic heterocycles. The minimum absolute atomic E-state index is 0.209. The number of carbonyl (C=O) groups excluding carboxylic acids is 1. The van der Waals surface area contributed by atoms with Crippen LogP contribution in [0.15, 0.2) is 77.4 Å². The summed E-state index contributed by atoms with van der Waals surface area (Å²) >= 11 is 18.2. The summed E-state index contributed by atoms with van der Waals surface area (Å²) in [5.41, 5.74) is 3.42. The first-order valence-electron chi connectivity index (χ1n) is 9.45. The second-order valence-electron chi connectivity index (χ2n) is 6.94. The highest BCUT2D eigenvalue weighted by molar-refractivity contribution is 6.35. The SMILES string of the molecule is CC1=NN(c2cccc(Cl)c2)C(=O)/C1=C/c1cccc(OCc2ccc(Cl)cc2Cl)c1. The molecule has 0 unspecified atom stereocenters. The van der Waals surface area contributed by atoms with Crippen molar-refractivity contribution < 1.29 is 9.53 Å². The number of benzene rings is 3. The average Bonchev–Trinajstić information content (AvgIpc) is 3.02. The van der Waals surface area contributed by atoms with E-state index in [0.29, 0.717) is 44.4 Å². The Labute approximate surface area is 195 Å². The molecular weight excluding hydrogens is 455 g/mol. The second-order valence-corrected chi connectivity index (χ2v) is 8.22. The topological polar surface area (TPSA) is 41.9 Å². The number of hydrogen-bond donors (Lipinski definition) is 0. The number of rotatable bonds is 5. The van der Waals surface area contributed by atoms with Gasteiger partial charge in [0.05, 0.1) is 17.0 Å². The lowest BCUT2D eigenvalue weighted by Gasteiger charge is -2.12. The number of nitrogens with zero attached hydrogens (tertiary/aromatic N) is 2. The van der Waals surface area contributed by atoms with Crippen LogP contribution in [0.2, 0.25) is 15.1 Å². The summed E-state index contributed by atoms with van der Waals surface area (Å²) in [6.07, 6.45) is 1.80. The maximum absolute atomic E-state index is 12.9. The van der Waals surface area contributed by atoms with Gasteiger partial charge < -0.3 is 4.74 Å². The van der Waals surface area contributed by atoms with Crippen molar-refractivity contribution in [1.82, 2.24) is 0 Å². The molecule has 156 valence electrons. The summed E-state index contributed by atoms with van der Waals surface area (Å²) in [5.74, 6) is 0.450. The van der Waals surface area contributed by atoms with E-state index in [-0.39, 0.29) is 5.91 Å². The fraction of sp³-hybridized carbons (Fsp3) is 0.0833. The molecule has 0 spiro atoms. The molecule has 0 saturated heterocycles. The van der Waals surface area contributed by atoms with E-state index in [4.69, 9.17) is 39.5 Å². The van der Waals surface area contributed by atoms with Crippen molar-refractivity contribution in [3.8, 4) is 5.75 Å². The molecule has 3 aromatic carbocycles. The lowest BCUT2D eigenvalue weighted by Crippen LogP contribution is -2.21. The first-order valence-corrected chi connectivity index (χ1v) is 10.6. The van der Waals surface area contributed by atoms with Gasteiger partial charge in [0.1, 0.15) is 12.4 Å². The Hall–Kier alpha value is -2.79. The first-order chi connectivity index (χ1) is 14.9. The van der Waals surface area contributed by atoms with Gasteiger partial charge in [-0.25, -0.2) is 0 Å². The summed E-state index contributed by atoms with van der Waals surface area (Å²) in [4.78, 5) is 12.9. The minimum Gasteiger partial charge on any atom is -0.489 e. The largest absolute Gasteiger partial charge is 0.489 e. The Morgan fingerprint density at radius 3 is 2.52 bits per heavy atom. The van der Waals surface area contributed by atoms with Gasteiger partial charge in [0, 0.05) is 20.6 Å². The zero-order valence-electron chi connectivity index (χ0n) is 16.5. The van der Waals surface area contributed by atoms with E-state index in [9.17, 15) is 4.79 Å². The summed E-state index contributed by atoms with van der Waals surface area (Å²) in [5, 5.41) is 7.42. The van der Waals surface area contributed by atoms with E-state index < -0.39 is 0 Å². The van der Waals surface area contributed by atoms with Crippen LogP contribution in [0.3, 0.4) is 0 Å². The summed E-state index contributed by atoms with van der Waals surface area (Å²) < 4.78 is 5.88. The first kappa shape index (κ1) is 21.4. The Balaban J connectivity index is 1.52. The second kappa shape index (κ2) is 9.15. The van der Waals surface area contributed by atoms with Crippen LogP contribution in [0.25, 0.3) is 6.08 Å². The fourth-order valence-corrected chi connectivity index (χ4v) is 3.78. The Bertz CT molecular complexity index is 1220. The van der Waals surface area contributed by atoms with Gasteiger partial charge in [0.25, 0.3) is 5.91 Å². The van der Waals surface area contributed by atoms with E-state index in [1.54, 1.807) is 49.4 Å². The van der Waals surface area contributed by atoms with Crippen molar-refractivity contribution in [3.05, 3.63) is 98.5 Å². The molecule has 0 aliphatic carbocycles. The molecule has 0 saturated carbocycles. The molecule has 0 aromatic heterocycles. The van der Waals surface area contributed by atoms with Gasteiger partial charge >= 0.3 is 0 Å². The molecule has 4 nitrogen and oxygen atoms in total. The number of hydrogen-bond acceptors (Lipinski definition) is 3. The molecule has 4 rings (SSSR count). The number of amides is 1. The zero-order valence-corrected chi connectivity index (χ0v) is 18.7. The van der Waals surface area contributed by atoms with Crippen LogP contribution in [0, 0.1) is 0 Å². The number of hydrazone groups is 1. The van der Waals surface area contributed by atoms with E-state index in [2.05, 4.69) is 5.10 Å². The van der Waals surface area contributed by atoms with Gasteiger partial charge in [-0.05, 0) is 61.0 Å². The molecule has 1 heterocycles. The number of anilines is 1. The van der Waals surface area contributed by atoms with Crippen molar-refractivity contribution in [2.75, 3.05) is 5.01 Å². The van der Waals surface area contributed by atoms with Crippen LogP contribution in [0.5, 0.6) is 5.75 Å². The van der Waals surface area contributed by atoms with Crippen molar-refractivity contribution in [3.63, 3.8) is 0 Å². The Morgan fingerprint density at radius 2 is 1.74 bits per heavy atom. The van der Waals surface area contributed by atoms with Crippen molar-refractivity contribution in [2.45, 2.75) is 13.5 Å². The van der Waals surface area contributed by atoms with Gasteiger partial charge in [-0.3, -0.25) is 4.79 Å². The fourth-order valence-electron chi connectivity index (χ4n) is 3.13. The van der Waals surface area contributed by atoms with E-state index >= 15 is 0 Å². The molecule has 7 heteroatoms. The molecule has 0 radical (unpaired) electrons. The van der Waals surface area contributed by atoms with Gasteiger partial charge in [0.15, 0.2) is 0 Å². The average molecular weight is 472 g/mol. The number of halogens is 3. The Kier molecular flexibility index (Phi) is 6.33. The normalized spacial score (nSPS) is 14.8. The predicted octanol–water partition coefficient (Wildman–Crippen LogP) is 7.03. The molecule has 0 bridgehead atoms. The van der Waals surface area contributed by atoms with Crippen LogP contribution in [-0.2, 0) is 11.4 Å². The van der Waals surface area contributed by atoms with Gasteiger partial charge in [-0.15, -0.1) is 0 Å². The van der Waals surface area contributed by atoms with Crippen LogP contribution in [0.1, 0.15) is 18.1 Å². The monoisotopic (exact) mass is 470 g/mol. The van der Waals surface area contributed by atoms with Crippen LogP contribution >= 0.6 is 34.8 Å². The summed E-state index contributed by atoms with van der Waals surface area (Å²) in [6.45, 7) is 2.11. The molecule has 3 aromatic rings. The molecule has 31 heavy (non-hydrogen) atoms. The number of ether oxygens (including phenoxy) is 1. The third-order valence-electron chi connectivity index (χ3n) is 4.69. The van der Waals surface area contributed by atoms with Crippen molar-refractivity contribution in [2.24, 2.45) is 5.10 Å². The molecular formula is C24H17Cl3N2O2. The standard InChI is InChI=1S/C24H17Cl3N2O2/c1-15-22(24(30)29(28-15)20-6-3-5-18(25)12-20)11-16-4-2-7-21(10-16)31-14-17-8-9-19(26)13-23(17)27/h2-13H,14H2,1H3/b22-11+. The predicted molar refractivity (Wildman–Crippen MR) is 127 cm³/mol. The smallest absolute Gasteiger partial charge is 0.280 e. The zero-order chi connectivity index (χ0) is 22.0. The number of carbonyl (C=O) groups is 1. The Morgan fingerprint density at radius 1 is 0.968 bits per heavy atom. The lowest BCUT2D eigenvalue weighted by molar-refractivity contribution is -0.114. The maximum Gasteiger partial charge on any atom is 0.280 e. The summed E-state index contributed by atoms with van der Waals surface area (Å²) in [6, 6.07) is 19.8. The van der Waals surface area contributed by atoms with Crippen LogP contribution < -0.4 is 9.75 Å². The highest BCUT2D eigenvalue weighted by atomic mass is 35.5. The highest BCUT2D eigenvalue weighted by Crippen LogP contribution is 2.28. The molecule has 0 N–H and O–H groups in total. The van der Waals surface area contributed by atoms with Gasteiger partial charge in [-0.1, -0.05) is 59.1 Å². The third kappa shape index (κ3) is 4.93. The van der Waals surface area contributed by atoms with Gasteiger partial charge in [-0.2, -0.15) is 10.1 Å². The molecule has 0 fully saturated rings. The lowest BCUT2D eigenvalue weighted by atomic mass is 10.1. The minimum atomic E-state index is -0.209. The third-order valence-corrected chi connectivity index (χ3v) is 5.52. The van der Waals surface area contributed by atoms with Crippen molar-refractivity contribution >= 4 is 58.2 Å². The maximum atomic E-state index is 12.9. The van der Waals surface area contributed by atoms with Gasteiger partial charge in [0.2, 0.25) is 0 Å². The summed E-state index contributed by atoms with van der Waals surface area (Å²) in [7, 11) is 0. The van der Waals surface area contributed by atoms with Crippen molar-refractivity contribution in [1.29, 1.82) is 0 Å². The molecule has 0 atom stereocenters. The van der Waals surface area contributed by atoms with Crippen LogP contribution in [-0.4, -0.2) is 11.6 Å². The molecule has 1 amide bonds. The highest BCUT2D eigenvalue weighted by Gasteiger charge is 2.28. The van der Waals surface area contributed by atoms with E-state index in [0.717, 1.165) is 11.1 Å². The van der Waals surface area contributed by atoms with E-state index in [1.807, 2.05) is 30.3 Å². The molecule has 1 aliphatic rings.